The molecule has 1 N–H and O–H groups in total. The van der Waals surface area contributed by atoms with Crippen molar-refractivity contribution in [3.63, 3.8) is 0 Å². The first-order valence-electron chi connectivity index (χ1n) is 8.94. The van der Waals surface area contributed by atoms with Crippen LogP contribution in [0.5, 0.6) is 5.75 Å². The Morgan fingerprint density at radius 3 is 2.39 bits per heavy atom. The van der Waals surface area contributed by atoms with E-state index in [0.29, 0.717) is 6.42 Å². The quantitative estimate of drug-likeness (QED) is 0.840. The summed E-state index contributed by atoms with van der Waals surface area (Å²) in [5.74, 6) is 0.784. The van der Waals surface area contributed by atoms with E-state index in [1.54, 1.807) is 0 Å². The SMILES string of the molecule is CCc1ccc(OC(CC)C(=O)NC2CCN(CC)CC2)cc1. The van der Waals surface area contributed by atoms with Gasteiger partial charge < -0.3 is 15.0 Å². The number of nitrogens with zero attached hydrogens (tertiary/aromatic N) is 1. The summed E-state index contributed by atoms with van der Waals surface area (Å²) >= 11 is 0. The predicted molar refractivity (Wildman–Crippen MR) is 93.8 cm³/mol. The summed E-state index contributed by atoms with van der Waals surface area (Å²) in [4.78, 5) is 14.9. The van der Waals surface area contributed by atoms with Gasteiger partial charge in [0.05, 0.1) is 0 Å². The standard InChI is InChI=1S/C19H30N2O2/c1-4-15-7-9-17(10-8-15)23-18(5-2)19(22)20-16-11-13-21(6-3)14-12-16/h7-10,16,18H,4-6,11-14H2,1-3H3,(H,20,22). The molecule has 0 radical (unpaired) electrons. The van der Waals surface area contributed by atoms with Crippen LogP contribution >= 0.6 is 0 Å². The molecule has 0 aromatic heterocycles. The molecule has 1 aliphatic rings. The molecule has 1 amide bonds. The maximum Gasteiger partial charge on any atom is 0.261 e. The molecule has 1 fully saturated rings. The number of likely N-dealkylation sites (tertiary alicyclic amines) is 1. The van der Waals surface area contributed by atoms with Gasteiger partial charge in [-0.2, -0.15) is 0 Å². The number of hydrogen-bond acceptors (Lipinski definition) is 3. The maximum atomic E-state index is 12.5. The molecule has 2 rings (SSSR count). The second-order valence-electron chi connectivity index (χ2n) is 6.23. The number of ether oxygens (including phenoxy) is 1. The lowest BCUT2D eigenvalue weighted by molar-refractivity contribution is -0.129. The molecule has 1 unspecified atom stereocenters. The van der Waals surface area contributed by atoms with Gasteiger partial charge in [-0.05, 0) is 49.9 Å². The zero-order chi connectivity index (χ0) is 16.7. The zero-order valence-corrected chi connectivity index (χ0v) is 14.7. The van der Waals surface area contributed by atoms with Gasteiger partial charge in [-0.25, -0.2) is 0 Å². The fourth-order valence-electron chi connectivity index (χ4n) is 2.98. The Morgan fingerprint density at radius 2 is 1.87 bits per heavy atom. The van der Waals surface area contributed by atoms with Crippen molar-refractivity contribution in [2.24, 2.45) is 0 Å². The molecule has 1 aliphatic heterocycles. The van der Waals surface area contributed by atoms with Crippen LogP contribution in [0.2, 0.25) is 0 Å². The molecule has 128 valence electrons. The van der Waals surface area contributed by atoms with Gasteiger partial charge in [-0.15, -0.1) is 0 Å². The number of carbonyl (C=O) groups is 1. The number of piperidine rings is 1. The highest BCUT2D eigenvalue weighted by Gasteiger charge is 2.24. The lowest BCUT2D eigenvalue weighted by Crippen LogP contribution is -2.48. The van der Waals surface area contributed by atoms with Crippen molar-refractivity contribution in [1.29, 1.82) is 0 Å². The molecule has 1 heterocycles. The first-order valence-corrected chi connectivity index (χ1v) is 8.94. The summed E-state index contributed by atoms with van der Waals surface area (Å²) in [6.45, 7) is 9.53. The Kier molecular flexibility index (Phi) is 6.90. The second kappa shape index (κ2) is 8.92. The van der Waals surface area contributed by atoms with Crippen molar-refractivity contribution in [1.82, 2.24) is 10.2 Å². The van der Waals surface area contributed by atoms with Gasteiger partial charge in [0.2, 0.25) is 0 Å². The van der Waals surface area contributed by atoms with Crippen LogP contribution in [0.25, 0.3) is 0 Å². The third kappa shape index (κ3) is 5.24. The number of rotatable bonds is 7. The largest absolute Gasteiger partial charge is 0.481 e. The summed E-state index contributed by atoms with van der Waals surface area (Å²) in [5, 5.41) is 3.17. The summed E-state index contributed by atoms with van der Waals surface area (Å²) < 4.78 is 5.89. The highest BCUT2D eigenvalue weighted by atomic mass is 16.5. The Balaban J connectivity index is 1.85. The number of benzene rings is 1. The molecule has 1 saturated heterocycles. The summed E-state index contributed by atoms with van der Waals surface area (Å²) in [5.41, 5.74) is 1.28. The molecular formula is C19H30N2O2. The highest BCUT2D eigenvalue weighted by Crippen LogP contribution is 2.16. The smallest absolute Gasteiger partial charge is 0.261 e. The third-order valence-corrected chi connectivity index (χ3v) is 4.65. The van der Waals surface area contributed by atoms with Crippen LogP contribution in [0.1, 0.15) is 45.6 Å². The van der Waals surface area contributed by atoms with Crippen LogP contribution in [-0.2, 0) is 11.2 Å². The molecular weight excluding hydrogens is 288 g/mol. The summed E-state index contributed by atoms with van der Waals surface area (Å²) in [7, 11) is 0. The monoisotopic (exact) mass is 318 g/mol. The predicted octanol–water partition coefficient (Wildman–Crippen LogP) is 3.01. The van der Waals surface area contributed by atoms with E-state index in [9.17, 15) is 4.79 Å². The van der Waals surface area contributed by atoms with Gasteiger partial charge in [-0.1, -0.05) is 32.9 Å². The summed E-state index contributed by atoms with van der Waals surface area (Å²) in [6, 6.07) is 8.30. The minimum absolute atomic E-state index is 0.0158. The molecule has 1 atom stereocenters. The Bertz CT molecular complexity index is 479. The molecule has 1 aromatic carbocycles. The van der Waals surface area contributed by atoms with Crippen molar-refractivity contribution in [3.8, 4) is 5.75 Å². The van der Waals surface area contributed by atoms with E-state index >= 15 is 0 Å². The van der Waals surface area contributed by atoms with Gasteiger partial charge >= 0.3 is 0 Å². The van der Waals surface area contributed by atoms with Crippen LogP contribution < -0.4 is 10.1 Å². The van der Waals surface area contributed by atoms with E-state index in [4.69, 9.17) is 4.74 Å². The Hall–Kier alpha value is -1.55. The number of hydrogen-bond donors (Lipinski definition) is 1. The minimum atomic E-state index is -0.410. The van der Waals surface area contributed by atoms with Crippen molar-refractivity contribution in [2.75, 3.05) is 19.6 Å². The van der Waals surface area contributed by atoms with Gasteiger partial charge in [-0.3, -0.25) is 4.79 Å². The van der Waals surface area contributed by atoms with Crippen molar-refractivity contribution < 1.29 is 9.53 Å². The molecule has 0 bridgehead atoms. The average molecular weight is 318 g/mol. The number of amides is 1. The van der Waals surface area contributed by atoms with Crippen LogP contribution in [-0.4, -0.2) is 42.6 Å². The van der Waals surface area contributed by atoms with Gasteiger partial charge in [0.1, 0.15) is 5.75 Å². The fraction of sp³-hybridized carbons (Fsp3) is 0.632. The van der Waals surface area contributed by atoms with E-state index in [1.165, 1.54) is 5.56 Å². The second-order valence-corrected chi connectivity index (χ2v) is 6.23. The number of carbonyl (C=O) groups excluding carboxylic acids is 1. The first kappa shape index (κ1) is 17.8. The summed E-state index contributed by atoms with van der Waals surface area (Å²) in [6.07, 6.45) is 3.33. The van der Waals surface area contributed by atoms with Crippen molar-refractivity contribution >= 4 is 5.91 Å². The molecule has 23 heavy (non-hydrogen) atoms. The van der Waals surface area contributed by atoms with Crippen LogP contribution in [0, 0.1) is 0 Å². The van der Waals surface area contributed by atoms with Crippen LogP contribution in [0.4, 0.5) is 0 Å². The van der Waals surface area contributed by atoms with E-state index in [1.807, 2.05) is 19.1 Å². The van der Waals surface area contributed by atoms with E-state index in [2.05, 4.69) is 36.2 Å². The zero-order valence-electron chi connectivity index (χ0n) is 14.7. The lowest BCUT2D eigenvalue weighted by Gasteiger charge is -2.32. The van der Waals surface area contributed by atoms with Crippen LogP contribution in [0.15, 0.2) is 24.3 Å². The van der Waals surface area contributed by atoms with Gasteiger partial charge in [0, 0.05) is 19.1 Å². The number of aryl methyl sites for hydroxylation is 1. The molecule has 0 saturated carbocycles. The molecule has 4 nitrogen and oxygen atoms in total. The van der Waals surface area contributed by atoms with E-state index in [0.717, 1.165) is 44.6 Å². The minimum Gasteiger partial charge on any atom is -0.481 e. The van der Waals surface area contributed by atoms with Crippen LogP contribution in [0.3, 0.4) is 0 Å². The topological polar surface area (TPSA) is 41.6 Å². The Morgan fingerprint density at radius 1 is 1.22 bits per heavy atom. The van der Waals surface area contributed by atoms with Gasteiger partial charge in [0.25, 0.3) is 5.91 Å². The van der Waals surface area contributed by atoms with Crippen molar-refractivity contribution in [2.45, 2.75) is 58.6 Å². The lowest BCUT2D eigenvalue weighted by atomic mass is 10.0. The molecule has 0 aliphatic carbocycles. The molecule has 1 aromatic rings. The fourth-order valence-corrected chi connectivity index (χ4v) is 2.98. The van der Waals surface area contributed by atoms with E-state index in [-0.39, 0.29) is 11.9 Å². The average Bonchev–Trinajstić information content (AvgIpc) is 2.60. The number of nitrogens with one attached hydrogen (secondary N) is 1. The van der Waals surface area contributed by atoms with E-state index < -0.39 is 6.10 Å². The molecule has 4 heteroatoms. The first-order chi connectivity index (χ1) is 11.2. The molecule has 0 spiro atoms. The third-order valence-electron chi connectivity index (χ3n) is 4.65. The van der Waals surface area contributed by atoms with Gasteiger partial charge in [0.15, 0.2) is 6.10 Å². The highest BCUT2D eigenvalue weighted by molar-refractivity contribution is 5.81. The van der Waals surface area contributed by atoms with Crippen molar-refractivity contribution in [3.05, 3.63) is 29.8 Å². The Labute approximate surface area is 140 Å². The maximum absolute atomic E-state index is 12.5. The normalized spacial score (nSPS) is 17.7.